The Morgan fingerprint density at radius 3 is 2.92 bits per heavy atom. The molecule has 4 rings (SSSR count). The van der Waals surface area contributed by atoms with E-state index in [1.807, 2.05) is 49.4 Å². The number of aryl methyl sites for hydroxylation is 1. The van der Waals surface area contributed by atoms with E-state index in [4.69, 9.17) is 11.6 Å². The van der Waals surface area contributed by atoms with Crippen LogP contribution in [0.5, 0.6) is 0 Å². The van der Waals surface area contributed by atoms with Crippen LogP contribution in [-0.4, -0.2) is 28.5 Å². The molecule has 2 aromatic carbocycles. The van der Waals surface area contributed by atoms with Crippen molar-refractivity contribution in [1.82, 2.24) is 9.97 Å². The Bertz CT molecular complexity index is 970. The van der Waals surface area contributed by atoms with Gasteiger partial charge in [0.15, 0.2) is 0 Å². The lowest BCUT2D eigenvalue weighted by atomic mass is 10.1. The highest BCUT2D eigenvalue weighted by atomic mass is 35.5. The molecule has 132 valence electrons. The summed E-state index contributed by atoms with van der Waals surface area (Å²) < 4.78 is 0. The number of fused-ring (bicyclic) bond motifs is 1. The fourth-order valence-electron chi connectivity index (χ4n) is 3.45. The molecule has 26 heavy (non-hydrogen) atoms. The monoisotopic (exact) mass is 366 g/mol. The zero-order valence-corrected chi connectivity index (χ0v) is 15.2. The van der Waals surface area contributed by atoms with Crippen molar-refractivity contribution in [3.63, 3.8) is 0 Å². The number of nitrogens with one attached hydrogen (secondary N) is 1. The second-order valence-electron chi connectivity index (χ2n) is 6.54. The van der Waals surface area contributed by atoms with Gasteiger partial charge in [-0.25, -0.2) is 9.97 Å². The summed E-state index contributed by atoms with van der Waals surface area (Å²) in [4.78, 5) is 23.8. The van der Waals surface area contributed by atoms with Crippen LogP contribution < -0.4 is 10.2 Å². The number of amides is 1. The lowest BCUT2D eigenvalue weighted by Gasteiger charge is -2.26. The van der Waals surface area contributed by atoms with E-state index in [0.717, 1.165) is 41.7 Å². The summed E-state index contributed by atoms with van der Waals surface area (Å²) in [5.41, 5.74) is 2.58. The number of nitrogens with zero attached hydrogens (tertiary/aromatic N) is 3. The van der Waals surface area contributed by atoms with Gasteiger partial charge in [0.2, 0.25) is 5.91 Å². The number of anilines is 2. The van der Waals surface area contributed by atoms with E-state index < -0.39 is 0 Å². The first-order chi connectivity index (χ1) is 12.6. The maximum Gasteiger partial charge on any atom is 0.247 e. The van der Waals surface area contributed by atoms with Crippen LogP contribution in [-0.2, 0) is 4.79 Å². The first kappa shape index (κ1) is 16.8. The van der Waals surface area contributed by atoms with E-state index in [2.05, 4.69) is 20.2 Å². The smallest absolute Gasteiger partial charge is 0.247 e. The van der Waals surface area contributed by atoms with Crippen molar-refractivity contribution in [3.05, 3.63) is 59.4 Å². The number of hydrogen-bond acceptors (Lipinski definition) is 4. The SMILES string of the molecule is Cc1ccc(NC(=O)C2CCCN2c2ncnc3ccccc23)c(Cl)c1. The topological polar surface area (TPSA) is 58.1 Å². The fraction of sp³-hybridized carbons (Fsp3) is 0.250. The third-order valence-corrected chi connectivity index (χ3v) is 5.04. The van der Waals surface area contributed by atoms with Gasteiger partial charge in [0.1, 0.15) is 18.2 Å². The average Bonchev–Trinajstić information content (AvgIpc) is 3.13. The van der Waals surface area contributed by atoms with E-state index in [1.54, 1.807) is 6.33 Å². The second-order valence-corrected chi connectivity index (χ2v) is 6.95. The molecule has 0 aliphatic carbocycles. The lowest BCUT2D eigenvalue weighted by molar-refractivity contribution is -0.117. The number of para-hydroxylation sites is 1. The zero-order chi connectivity index (χ0) is 18.1. The summed E-state index contributed by atoms with van der Waals surface area (Å²) in [5, 5.41) is 4.48. The van der Waals surface area contributed by atoms with Gasteiger partial charge < -0.3 is 10.2 Å². The Kier molecular flexibility index (Phi) is 4.47. The second kappa shape index (κ2) is 6.92. The number of carbonyl (C=O) groups is 1. The summed E-state index contributed by atoms with van der Waals surface area (Å²) in [6.45, 7) is 2.76. The van der Waals surface area contributed by atoms with Crippen molar-refractivity contribution in [3.8, 4) is 0 Å². The highest BCUT2D eigenvalue weighted by Crippen LogP contribution is 2.31. The van der Waals surface area contributed by atoms with Crippen LogP contribution in [0, 0.1) is 6.92 Å². The molecule has 3 aromatic rings. The predicted molar refractivity (Wildman–Crippen MR) is 105 cm³/mol. The number of halogens is 1. The summed E-state index contributed by atoms with van der Waals surface area (Å²) in [7, 11) is 0. The minimum Gasteiger partial charge on any atom is -0.344 e. The molecule has 0 radical (unpaired) electrons. The number of aromatic nitrogens is 2. The highest BCUT2D eigenvalue weighted by molar-refractivity contribution is 6.33. The number of hydrogen-bond donors (Lipinski definition) is 1. The molecule has 1 saturated heterocycles. The van der Waals surface area contributed by atoms with E-state index in [-0.39, 0.29) is 11.9 Å². The maximum absolute atomic E-state index is 12.9. The van der Waals surface area contributed by atoms with Crippen molar-refractivity contribution in [2.75, 3.05) is 16.8 Å². The number of carbonyl (C=O) groups excluding carboxylic acids is 1. The van der Waals surface area contributed by atoms with Gasteiger partial charge in [0, 0.05) is 11.9 Å². The van der Waals surface area contributed by atoms with E-state index in [0.29, 0.717) is 10.7 Å². The zero-order valence-electron chi connectivity index (χ0n) is 14.4. The molecule has 1 aliphatic rings. The van der Waals surface area contributed by atoms with E-state index >= 15 is 0 Å². The minimum atomic E-state index is -0.273. The van der Waals surface area contributed by atoms with Crippen LogP contribution in [0.15, 0.2) is 48.8 Å². The first-order valence-corrected chi connectivity index (χ1v) is 9.05. The highest BCUT2D eigenvalue weighted by Gasteiger charge is 2.32. The van der Waals surface area contributed by atoms with Crippen LogP contribution in [0.1, 0.15) is 18.4 Å². The maximum atomic E-state index is 12.9. The Balaban J connectivity index is 1.62. The van der Waals surface area contributed by atoms with Crippen LogP contribution in [0.25, 0.3) is 10.9 Å². The van der Waals surface area contributed by atoms with Gasteiger partial charge in [-0.3, -0.25) is 4.79 Å². The molecule has 1 fully saturated rings. The Labute approximate surface area is 157 Å². The van der Waals surface area contributed by atoms with Gasteiger partial charge >= 0.3 is 0 Å². The first-order valence-electron chi connectivity index (χ1n) is 8.67. The van der Waals surface area contributed by atoms with Gasteiger partial charge in [0.05, 0.1) is 16.2 Å². The minimum absolute atomic E-state index is 0.0593. The molecule has 0 spiro atoms. The van der Waals surface area contributed by atoms with Gasteiger partial charge in [-0.2, -0.15) is 0 Å². The average molecular weight is 367 g/mol. The normalized spacial score (nSPS) is 16.8. The summed E-state index contributed by atoms with van der Waals surface area (Å²) in [6.07, 6.45) is 3.29. The lowest BCUT2D eigenvalue weighted by Crippen LogP contribution is -2.40. The molecule has 1 N–H and O–H groups in total. The molecule has 0 saturated carbocycles. The molecule has 1 unspecified atom stereocenters. The molecule has 1 aliphatic heterocycles. The molecule has 1 atom stereocenters. The molecule has 0 bridgehead atoms. The van der Waals surface area contributed by atoms with Crippen LogP contribution >= 0.6 is 11.6 Å². The van der Waals surface area contributed by atoms with Gasteiger partial charge in [0.25, 0.3) is 0 Å². The molecule has 6 heteroatoms. The fourth-order valence-corrected chi connectivity index (χ4v) is 3.73. The van der Waals surface area contributed by atoms with Crippen molar-refractivity contribution < 1.29 is 4.79 Å². The summed E-state index contributed by atoms with van der Waals surface area (Å²) in [5.74, 6) is 0.749. The van der Waals surface area contributed by atoms with Crippen molar-refractivity contribution in [2.24, 2.45) is 0 Å². The van der Waals surface area contributed by atoms with Crippen LogP contribution in [0.3, 0.4) is 0 Å². The standard InChI is InChI=1S/C20H19ClN4O/c1-13-8-9-17(15(21)11-13)24-20(26)18-7-4-10-25(18)19-14-5-2-3-6-16(14)22-12-23-19/h2-3,5-6,8-9,11-12,18H,4,7,10H2,1H3,(H,24,26). The van der Waals surface area contributed by atoms with Gasteiger partial charge in [-0.15, -0.1) is 0 Å². The molecule has 5 nitrogen and oxygen atoms in total. The Morgan fingerprint density at radius 1 is 1.23 bits per heavy atom. The third-order valence-electron chi connectivity index (χ3n) is 4.73. The van der Waals surface area contributed by atoms with Crippen LogP contribution in [0.4, 0.5) is 11.5 Å². The molecular formula is C20H19ClN4O. The summed E-state index contributed by atoms with van der Waals surface area (Å²) in [6, 6.07) is 13.2. The number of rotatable bonds is 3. The molecular weight excluding hydrogens is 348 g/mol. The van der Waals surface area contributed by atoms with Gasteiger partial charge in [-0.05, 0) is 49.6 Å². The van der Waals surface area contributed by atoms with Crippen LogP contribution in [0.2, 0.25) is 5.02 Å². The Hall–Kier alpha value is -2.66. The summed E-state index contributed by atoms with van der Waals surface area (Å²) >= 11 is 6.26. The largest absolute Gasteiger partial charge is 0.344 e. The predicted octanol–water partition coefficient (Wildman–Crippen LogP) is 4.20. The van der Waals surface area contributed by atoms with Crippen molar-refractivity contribution in [1.29, 1.82) is 0 Å². The molecule has 1 amide bonds. The number of benzene rings is 2. The Morgan fingerprint density at radius 2 is 2.08 bits per heavy atom. The quantitative estimate of drug-likeness (QED) is 0.754. The molecule has 2 heterocycles. The molecule has 1 aromatic heterocycles. The van der Waals surface area contributed by atoms with E-state index in [9.17, 15) is 4.79 Å². The third kappa shape index (κ3) is 3.10. The van der Waals surface area contributed by atoms with E-state index in [1.165, 1.54) is 0 Å². The van der Waals surface area contributed by atoms with Gasteiger partial charge in [-0.1, -0.05) is 29.8 Å². The van der Waals surface area contributed by atoms with Crippen molar-refractivity contribution in [2.45, 2.75) is 25.8 Å². The van der Waals surface area contributed by atoms with Crippen molar-refractivity contribution >= 4 is 39.9 Å².